The number of hydrogen-bond acceptors (Lipinski definition) is 2. The molecule has 0 aromatic heterocycles. The first-order chi connectivity index (χ1) is 12.0. The summed E-state index contributed by atoms with van der Waals surface area (Å²) in [4.78, 5) is 13.6. The average Bonchev–Trinajstić information content (AvgIpc) is 3.12. The molecular formula is C22H46O2SiSn. The minimum atomic E-state index is -2.79. The predicted octanol–water partition coefficient (Wildman–Crippen LogP) is 7.50. The van der Waals surface area contributed by atoms with Gasteiger partial charge >= 0.3 is 170 Å². The van der Waals surface area contributed by atoms with Crippen molar-refractivity contribution >= 4 is 32.4 Å². The molecule has 1 aliphatic rings. The van der Waals surface area contributed by atoms with E-state index in [0.717, 1.165) is 0 Å². The van der Waals surface area contributed by atoms with E-state index < -0.39 is 26.5 Å². The van der Waals surface area contributed by atoms with Gasteiger partial charge in [0.2, 0.25) is 0 Å². The Bertz CT molecular complexity index is 447. The van der Waals surface area contributed by atoms with E-state index in [1.165, 1.54) is 51.8 Å². The number of unbranched alkanes of at least 4 members (excludes halogenated alkanes) is 3. The summed E-state index contributed by atoms with van der Waals surface area (Å²) in [5, 5.41) is 0. The van der Waals surface area contributed by atoms with Crippen molar-refractivity contribution in [3.05, 3.63) is 0 Å². The van der Waals surface area contributed by atoms with Gasteiger partial charge in [-0.25, -0.2) is 0 Å². The molecule has 0 radical (unpaired) electrons. The number of carbonyl (C=O) groups excluding carboxylic acids is 1. The fourth-order valence-corrected chi connectivity index (χ4v) is 39.8. The summed E-state index contributed by atoms with van der Waals surface area (Å²) in [5.74, 6) is 0.189. The third-order valence-electron chi connectivity index (χ3n) is 7.32. The molecule has 0 N–H and O–H groups in total. The summed E-state index contributed by atoms with van der Waals surface area (Å²) in [6.45, 7) is 19.2. The van der Waals surface area contributed by atoms with Crippen molar-refractivity contribution in [1.29, 1.82) is 0 Å². The number of esters is 1. The molecule has 4 heteroatoms. The zero-order chi connectivity index (χ0) is 20.2. The van der Waals surface area contributed by atoms with Crippen molar-refractivity contribution in [2.45, 2.75) is 115 Å². The van der Waals surface area contributed by atoms with Crippen LogP contribution < -0.4 is 0 Å². The molecule has 0 saturated heterocycles. The number of methoxy groups -OCH3 is 1. The predicted molar refractivity (Wildman–Crippen MR) is 120 cm³/mol. The van der Waals surface area contributed by atoms with Crippen molar-refractivity contribution in [2.24, 2.45) is 5.41 Å². The first-order valence-electron chi connectivity index (χ1n) is 11.1. The van der Waals surface area contributed by atoms with Gasteiger partial charge in [-0.3, -0.25) is 0 Å². The molecule has 1 saturated carbocycles. The van der Waals surface area contributed by atoms with Gasteiger partial charge in [-0.15, -0.1) is 0 Å². The Balaban J connectivity index is 3.58. The van der Waals surface area contributed by atoms with Crippen molar-refractivity contribution in [3.8, 4) is 0 Å². The Labute approximate surface area is 169 Å². The van der Waals surface area contributed by atoms with Crippen molar-refractivity contribution in [3.63, 3.8) is 0 Å². The van der Waals surface area contributed by atoms with Gasteiger partial charge in [0.05, 0.1) is 0 Å². The first kappa shape index (κ1) is 24.5. The van der Waals surface area contributed by atoms with Gasteiger partial charge in [0, 0.05) is 0 Å². The maximum absolute atomic E-state index is 13.6. The number of hydrogen-bond donors (Lipinski definition) is 0. The van der Waals surface area contributed by atoms with Gasteiger partial charge < -0.3 is 0 Å². The Morgan fingerprint density at radius 1 is 0.923 bits per heavy atom. The second-order valence-corrected chi connectivity index (χ2v) is 29.6. The quantitative estimate of drug-likeness (QED) is 0.210. The number of carbonyl (C=O) groups is 1. The maximum atomic E-state index is 13.6. The second-order valence-electron chi connectivity index (χ2n) is 10.4. The van der Waals surface area contributed by atoms with Crippen LogP contribution in [-0.2, 0) is 9.53 Å². The molecule has 2 nitrogen and oxygen atoms in total. The topological polar surface area (TPSA) is 26.3 Å². The molecule has 0 spiro atoms. The van der Waals surface area contributed by atoms with E-state index in [9.17, 15) is 4.79 Å². The van der Waals surface area contributed by atoms with Crippen molar-refractivity contribution in [2.75, 3.05) is 7.11 Å². The molecule has 26 heavy (non-hydrogen) atoms. The van der Waals surface area contributed by atoms with Crippen LogP contribution in [0.15, 0.2) is 0 Å². The van der Waals surface area contributed by atoms with E-state index in [-0.39, 0.29) is 14.8 Å². The molecule has 0 aliphatic heterocycles. The SMILES string of the molecule is CCC[CH2][Sn]([CH2]CCC)([CH2]CCC)[C@@]1(C(=O)OC)[C@H]([Si](C)(C)C)C1(C)C. The van der Waals surface area contributed by atoms with Crippen LogP contribution in [0.4, 0.5) is 0 Å². The first-order valence-corrected chi connectivity index (χ1v) is 22.2. The van der Waals surface area contributed by atoms with Gasteiger partial charge in [-0.2, -0.15) is 0 Å². The van der Waals surface area contributed by atoms with E-state index in [2.05, 4.69) is 54.3 Å². The standard InChI is InChI=1S/C10H19O2Si.3C4H9.Sn/c1-10(2)7(9(11)12-3)8(10)13(4,5)6;3*1-3-4-2;/h8H,1-6H3;3*1,3-4H2,2H3;/t8-;;;;/m0..../s1. The third-order valence-corrected chi connectivity index (χ3v) is 30.3. The summed E-state index contributed by atoms with van der Waals surface area (Å²) in [5.41, 5.74) is 0.756. The van der Waals surface area contributed by atoms with Gasteiger partial charge in [0.1, 0.15) is 0 Å². The number of rotatable bonds is 12. The second kappa shape index (κ2) is 9.32. The van der Waals surface area contributed by atoms with Crippen LogP contribution in [0, 0.1) is 5.41 Å². The van der Waals surface area contributed by atoms with Crippen LogP contribution >= 0.6 is 0 Å². The molecule has 0 bridgehead atoms. The Hall–Kier alpha value is 0.486. The van der Waals surface area contributed by atoms with Crippen LogP contribution in [0.3, 0.4) is 0 Å². The third kappa shape index (κ3) is 4.09. The fourth-order valence-electron chi connectivity index (χ4n) is 6.76. The fraction of sp³-hybridized carbons (Fsp3) is 0.955. The van der Waals surface area contributed by atoms with E-state index in [1.807, 2.05) is 0 Å². The normalized spacial score (nSPS) is 25.2. The van der Waals surface area contributed by atoms with E-state index in [0.29, 0.717) is 5.54 Å². The molecule has 1 fully saturated rings. The van der Waals surface area contributed by atoms with Crippen LogP contribution in [0.25, 0.3) is 0 Å². The molecule has 0 aromatic rings. The van der Waals surface area contributed by atoms with Gasteiger partial charge in [-0.05, 0) is 0 Å². The van der Waals surface area contributed by atoms with Crippen LogP contribution in [0.2, 0.25) is 41.9 Å². The zero-order valence-corrected chi connectivity index (χ0v) is 23.1. The van der Waals surface area contributed by atoms with Crippen molar-refractivity contribution < 1.29 is 9.53 Å². The Morgan fingerprint density at radius 2 is 1.31 bits per heavy atom. The summed E-state index contributed by atoms with van der Waals surface area (Å²) >= 11 is -2.79. The molecule has 2 atom stereocenters. The molecule has 0 amide bonds. The molecule has 1 aliphatic carbocycles. The molecular weight excluding hydrogens is 443 g/mol. The van der Waals surface area contributed by atoms with Crippen LogP contribution in [-0.4, -0.2) is 39.5 Å². The van der Waals surface area contributed by atoms with Crippen LogP contribution in [0.5, 0.6) is 0 Å². The summed E-state index contributed by atoms with van der Waals surface area (Å²) < 4.78 is 9.73. The molecule has 0 aromatic carbocycles. The van der Waals surface area contributed by atoms with E-state index in [1.54, 1.807) is 7.11 Å². The van der Waals surface area contributed by atoms with E-state index >= 15 is 0 Å². The average molecular weight is 489 g/mol. The zero-order valence-electron chi connectivity index (χ0n) is 19.3. The van der Waals surface area contributed by atoms with Crippen LogP contribution in [0.1, 0.15) is 73.1 Å². The molecule has 0 heterocycles. The van der Waals surface area contributed by atoms with E-state index in [4.69, 9.17) is 4.74 Å². The molecule has 1 rings (SSSR count). The summed E-state index contributed by atoms with van der Waals surface area (Å²) in [6.07, 6.45) is 7.72. The summed E-state index contributed by atoms with van der Waals surface area (Å²) in [6, 6.07) is 0. The van der Waals surface area contributed by atoms with Crippen molar-refractivity contribution in [1.82, 2.24) is 0 Å². The molecule has 0 unspecified atom stereocenters. The van der Waals surface area contributed by atoms with Gasteiger partial charge in [0.15, 0.2) is 0 Å². The molecule has 154 valence electrons. The monoisotopic (exact) mass is 490 g/mol. The van der Waals surface area contributed by atoms with Gasteiger partial charge in [-0.1, -0.05) is 0 Å². The minimum absolute atomic E-state index is 0.0690. The van der Waals surface area contributed by atoms with Gasteiger partial charge in [0.25, 0.3) is 0 Å². The Kier molecular flexibility index (Phi) is 8.79. The summed E-state index contributed by atoms with van der Waals surface area (Å²) in [7, 11) is 0.200. The number of ether oxygens (including phenoxy) is 1. The Morgan fingerprint density at radius 3 is 1.54 bits per heavy atom.